The highest BCUT2D eigenvalue weighted by molar-refractivity contribution is 7.91. The normalized spacial score (nSPS) is 30.9. The minimum absolute atomic E-state index is 0.00354. The minimum atomic E-state index is -3.16. The van der Waals surface area contributed by atoms with Crippen LogP contribution in [-0.2, 0) is 24.7 Å². The molecule has 2 rings (SSSR count). The van der Waals surface area contributed by atoms with E-state index < -0.39 is 19.9 Å². The molecule has 1 atom stereocenters. The van der Waals surface area contributed by atoms with E-state index in [1.807, 2.05) is 0 Å². The average molecular weight is 367 g/mol. The molecule has 0 aromatic heterocycles. The molecule has 0 radical (unpaired) electrons. The first-order valence-electron chi connectivity index (χ1n) is 8.07. The molecule has 0 aromatic rings. The molecule has 23 heavy (non-hydrogen) atoms. The molecule has 0 bridgehead atoms. The molecule has 7 nitrogen and oxygen atoms in total. The Kier molecular flexibility index (Phi) is 6.07. The number of rotatable bonds is 6. The van der Waals surface area contributed by atoms with Crippen molar-refractivity contribution in [3.05, 3.63) is 0 Å². The number of hydrogen-bond acceptors (Lipinski definition) is 5. The third-order valence-electron chi connectivity index (χ3n) is 4.74. The molecule has 1 saturated carbocycles. The van der Waals surface area contributed by atoms with Gasteiger partial charge in [-0.2, -0.15) is 0 Å². The predicted molar refractivity (Wildman–Crippen MR) is 88.1 cm³/mol. The smallest absolute Gasteiger partial charge is 0.223 e. The Morgan fingerprint density at radius 1 is 1.04 bits per heavy atom. The van der Waals surface area contributed by atoms with Gasteiger partial charge in [0.1, 0.15) is 0 Å². The summed E-state index contributed by atoms with van der Waals surface area (Å²) in [6.45, 7) is 0.876. The van der Waals surface area contributed by atoms with E-state index in [0.717, 1.165) is 31.9 Å². The van der Waals surface area contributed by atoms with E-state index in [1.54, 1.807) is 0 Å². The number of sulfonamides is 1. The van der Waals surface area contributed by atoms with Gasteiger partial charge in [-0.05, 0) is 43.9 Å². The molecule has 0 unspecified atom stereocenters. The Morgan fingerprint density at radius 3 is 2.22 bits per heavy atom. The van der Waals surface area contributed by atoms with Crippen molar-refractivity contribution >= 4 is 25.8 Å². The maximum absolute atomic E-state index is 12.2. The second-order valence-corrected chi connectivity index (χ2v) is 10.9. The summed E-state index contributed by atoms with van der Waals surface area (Å²) >= 11 is 0. The second-order valence-electron chi connectivity index (χ2n) is 6.85. The highest BCUT2D eigenvalue weighted by atomic mass is 32.2. The van der Waals surface area contributed by atoms with Crippen molar-refractivity contribution in [2.24, 2.45) is 17.8 Å². The standard InChI is InChI=1S/C14H26N2O5S2/c1-22(18,19)16-9-11-2-4-13(5-3-11)14(17)15-8-12-6-7-23(20,21)10-12/h11-13,16H,2-10H2,1H3,(H,15,17)/t11?,12-,13?/m0/s1. The molecular formula is C14H26N2O5S2. The fraction of sp³-hybridized carbons (Fsp3) is 0.929. The van der Waals surface area contributed by atoms with Gasteiger partial charge in [-0.25, -0.2) is 21.6 Å². The third-order valence-corrected chi connectivity index (χ3v) is 7.27. The maximum Gasteiger partial charge on any atom is 0.223 e. The van der Waals surface area contributed by atoms with Crippen LogP contribution in [0.5, 0.6) is 0 Å². The summed E-state index contributed by atoms with van der Waals surface area (Å²) in [5, 5.41) is 2.89. The van der Waals surface area contributed by atoms with Crippen molar-refractivity contribution < 1.29 is 21.6 Å². The van der Waals surface area contributed by atoms with Crippen molar-refractivity contribution in [3.63, 3.8) is 0 Å². The third kappa shape index (κ3) is 6.39. The zero-order valence-corrected chi connectivity index (χ0v) is 15.1. The van der Waals surface area contributed by atoms with Crippen LogP contribution >= 0.6 is 0 Å². The molecular weight excluding hydrogens is 340 g/mol. The minimum Gasteiger partial charge on any atom is -0.356 e. The number of sulfone groups is 1. The van der Waals surface area contributed by atoms with E-state index in [0.29, 0.717) is 19.5 Å². The molecule has 0 aromatic carbocycles. The van der Waals surface area contributed by atoms with E-state index in [1.165, 1.54) is 0 Å². The van der Waals surface area contributed by atoms with Gasteiger partial charge in [-0.15, -0.1) is 0 Å². The Balaban J connectivity index is 1.67. The zero-order valence-electron chi connectivity index (χ0n) is 13.5. The lowest BCUT2D eigenvalue weighted by atomic mass is 9.81. The van der Waals surface area contributed by atoms with Crippen LogP contribution in [-0.4, -0.2) is 53.6 Å². The lowest BCUT2D eigenvalue weighted by Crippen LogP contribution is -2.38. The summed E-state index contributed by atoms with van der Waals surface area (Å²) in [6, 6.07) is 0. The topological polar surface area (TPSA) is 109 Å². The number of amides is 1. The van der Waals surface area contributed by atoms with Crippen LogP contribution in [0.2, 0.25) is 0 Å². The van der Waals surface area contributed by atoms with Gasteiger partial charge in [0, 0.05) is 19.0 Å². The van der Waals surface area contributed by atoms with Crippen molar-refractivity contribution in [3.8, 4) is 0 Å². The van der Waals surface area contributed by atoms with Crippen molar-refractivity contribution in [2.75, 3.05) is 30.9 Å². The molecule has 0 spiro atoms. The summed E-state index contributed by atoms with van der Waals surface area (Å²) in [5.41, 5.74) is 0. The van der Waals surface area contributed by atoms with E-state index in [2.05, 4.69) is 10.0 Å². The van der Waals surface area contributed by atoms with Crippen molar-refractivity contribution in [1.82, 2.24) is 10.0 Å². The predicted octanol–water partition coefficient (Wildman–Crippen LogP) is -0.107. The molecule has 1 heterocycles. The highest BCUT2D eigenvalue weighted by Crippen LogP contribution is 2.28. The summed E-state index contributed by atoms with van der Waals surface area (Å²) in [6.07, 6.45) is 4.95. The van der Waals surface area contributed by atoms with Gasteiger partial charge in [-0.1, -0.05) is 0 Å². The number of carbonyl (C=O) groups is 1. The quantitative estimate of drug-likeness (QED) is 0.682. The largest absolute Gasteiger partial charge is 0.356 e. The molecule has 9 heteroatoms. The number of carbonyl (C=O) groups excluding carboxylic acids is 1. The summed E-state index contributed by atoms with van der Waals surface area (Å²) in [5.74, 6) is 0.697. The van der Waals surface area contributed by atoms with Gasteiger partial charge >= 0.3 is 0 Å². The first-order chi connectivity index (χ1) is 10.6. The molecule has 1 aliphatic heterocycles. The van der Waals surface area contributed by atoms with Gasteiger partial charge in [-0.3, -0.25) is 4.79 Å². The van der Waals surface area contributed by atoms with Gasteiger partial charge in [0.05, 0.1) is 17.8 Å². The Labute approximate surface area is 138 Å². The number of hydrogen-bond donors (Lipinski definition) is 2. The molecule has 1 aliphatic carbocycles. The first-order valence-corrected chi connectivity index (χ1v) is 11.8. The van der Waals surface area contributed by atoms with Gasteiger partial charge in [0.2, 0.25) is 15.9 Å². The first kappa shape index (κ1) is 18.7. The molecule has 2 aliphatic rings. The van der Waals surface area contributed by atoms with Gasteiger partial charge in [0.25, 0.3) is 0 Å². The average Bonchev–Trinajstić information content (AvgIpc) is 2.82. The molecule has 2 fully saturated rings. The van der Waals surface area contributed by atoms with Crippen LogP contribution in [0.4, 0.5) is 0 Å². The van der Waals surface area contributed by atoms with Gasteiger partial charge < -0.3 is 5.32 Å². The highest BCUT2D eigenvalue weighted by Gasteiger charge is 2.30. The lowest BCUT2D eigenvalue weighted by molar-refractivity contribution is -0.126. The van der Waals surface area contributed by atoms with Crippen LogP contribution in [0.3, 0.4) is 0 Å². The SMILES string of the molecule is CS(=O)(=O)NCC1CCC(C(=O)NC[C@@H]2CCS(=O)(=O)C2)CC1. The molecule has 2 N–H and O–H groups in total. The van der Waals surface area contributed by atoms with Crippen LogP contribution in [0, 0.1) is 17.8 Å². The molecule has 1 amide bonds. The second kappa shape index (κ2) is 7.48. The maximum atomic E-state index is 12.2. The Morgan fingerprint density at radius 2 is 1.70 bits per heavy atom. The Bertz CT molecular complexity index is 622. The monoisotopic (exact) mass is 366 g/mol. The van der Waals surface area contributed by atoms with Gasteiger partial charge in [0.15, 0.2) is 9.84 Å². The molecule has 134 valence electrons. The Hall–Kier alpha value is -0.670. The van der Waals surface area contributed by atoms with E-state index in [9.17, 15) is 21.6 Å². The molecule has 1 saturated heterocycles. The summed E-state index contributed by atoms with van der Waals surface area (Å²) < 4.78 is 47.5. The van der Waals surface area contributed by atoms with E-state index in [-0.39, 0.29) is 35.2 Å². The van der Waals surface area contributed by atoms with Crippen LogP contribution in [0.1, 0.15) is 32.1 Å². The number of nitrogens with one attached hydrogen (secondary N) is 2. The summed E-state index contributed by atoms with van der Waals surface area (Å²) in [7, 11) is -6.06. The van der Waals surface area contributed by atoms with Crippen LogP contribution < -0.4 is 10.0 Å². The van der Waals surface area contributed by atoms with E-state index >= 15 is 0 Å². The van der Waals surface area contributed by atoms with E-state index in [4.69, 9.17) is 0 Å². The summed E-state index contributed by atoms with van der Waals surface area (Å²) in [4.78, 5) is 12.2. The zero-order chi connectivity index (χ0) is 17.1. The van der Waals surface area contributed by atoms with Crippen molar-refractivity contribution in [1.29, 1.82) is 0 Å². The lowest BCUT2D eigenvalue weighted by Gasteiger charge is -2.28. The fourth-order valence-electron chi connectivity index (χ4n) is 3.32. The van der Waals surface area contributed by atoms with Crippen molar-refractivity contribution in [2.45, 2.75) is 32.1 Å². The van der Waals surface area contributed by atoms with Crippen LogP contribution in [0.15, 0.2) is 0 Å². The van der Waals surface area contributed by atoms with Crippen LogP contribution in [0.25, 0.3) is 0 Å². The fourth-order valence-corrected chi connectivity index (χ4v) is 5.72.